The zero-order valence-electron chi connectivity index (χ0n) is 10.8. The smallest absolute Gasteiger partial charge is 0.318 e. The number of aliphatic carboxylic acids is 1. The van der Waals surface area contributed by atoms with Crippen LogP contribution in [0.4, 0.5) is 4.39 Å². The molecule has 19 heavy (non-hydrogen) atoms. The highest BCUT2D eigenvalue weighted by Gasteiger charge is 2.28. The van der Waals surface area contributed by atoms with Gasteiger partial charge < -0.3 is 5.11 Å². The minimum atomic E-state index is -4.13. The van der Waals surface area contributed by atoms with Crippen LogP contribution in [-0.2, 0) is 14.8 Å². The number of sulfonamides is 1. The third-order valence-corrected chi connectivity index (χ3v) is 4.42. The molecule has 0 aliphatic rings. The molecule has 0 bridgehead atoms. The summed E-state index contributed by atoms with van der Waals surface area (Å²) in [6, 6.07) is 4.02. The number of aryl methyl sites for hydroxylation is 1. The maximum Gasteiger partial charge on any atom is 0.318 e. The molecular formula is C12H16FNO4S. The van der Waals surface area contributed by atoms with Gasteiger partial charge >= 0.3 is 5.97 Å². The molecule has 0 heterocycles. The maximum atomic E-state index is 13.9. The molecule has 0 aromatic heterocycles. The molecule has 106 valence electrons. The van der Waals surface area contributed by atoms with Crippen LogP contribution in [0, 0.1) is 12.7 Å². The van der Waals surface area contributed by atoms with Crippen LogP contribution >= 0.6 is 0 Å². The lowest BCUT2D eigenvalue weighted by atomic mass is 10.2. The van der Waals surface area contributed by atoms with E-state index in [1.807, 2.05) is 0 Å². The van der Waals surface area contributed by atoms with Crippen molar-refractivity contribution in [3.63, 3.8) is 0 Å². The Hall–Kier alpha value is -1.47. The van der Waals surface area contributed by atoms with Crippen LogP contribution in [0.25, 0.3) is 0 Å². The third-order valence-electron chi connectivity index (χ3n) is 2.56. The zero-order valence-corrected chi connectivity index (χ0v) is 11.6. The lowest BCUT2D eigenvalue weighted by Crippen LogP contribution is -2.36. The first kappa shape index (κ1) is 15.6. The van der Waals surface area contributed by atoms with Gasteiger partial charge in [-0.2, -0.15) is 4.31 Å². The van der Waals surface area contributed by atoms with Crippen LogP contribution in [0.2, 0.25) is 0 Å². The van der Waals surface area contributed by atoms with Crippen molar-refractivity contribution >= 4 is 16.0 Å². The number of hydrogen-bond donors (Lipinski definition) is 1. The molecule has 0 saturated heterocycles. The fourth-order valence-corrected chi connectivity index (χ4v) is 3.26. The van der Waals surface area contributed by atoms with E-state index in [9.17, 15) is 17.6 Å². The number of carboxylic acids is 1. The topological polar surface area (TPSA) is 74.7 Å². The van der Waals surface area contributed by atoms with E-state index in [0.29, 0.717) is 6.42 Å². The van der Waals surface area contributed by atoms with Crippen LogP contribution < -0.4 is 0 Å². The molecule has 0 unspecified atom stereocenters. The second-order valence-electron chi connectivity index (χ2n) is 4.12. The minimum absolute atomic E-state index is 0.0298. The second-order valence-corrected chi connectivity index (χ2v) is 6.03. The van der Waals surface area contributed by atoms with E-state index in [1.165, 1.54) is 19.1 Å². The van der Waals surface area contributed by atoms with Gasteiger partial charge in [-0.3, -0.25) is 4.79 Å². The van der Waals surface area contributed by atoms with Crippen molar-refractivity contribution in [1.29, 1.82) is 0 Å². The minimum Gasteiger partial charge on any atom is -0.480 e. The number of carbonyl (C=O) groups is 1. The van der Waals surface area contributed by atoms with Crippen molar-refractivity contribution in [1.82, 2.24) is 4.31 Å². The number of benzene rings is 1. The molecular weight excluding hydrogens is 273 g/mol. The van der Waals surface area contributed by atoms with Crippen LogP contribution in [-0.4, -0.2) is 36.9 Å². The fraction of sp³-hybridized carbons (Fsp3) is 0.417. The molecule has 0 fully saturated rings. The number of hydrogen-bond acceptors (Lipinski definition) is 3. The molecule has 1 aromatic carbocycles. The summed E-state index contributed by atoms with van der Waals surface area (Å²) in [5, 5.41) is 8.74. The van der Waals surface area contributed by atoms with Crippen molar-refractivity contribution in [2.45, 2.75) is 25.2 Å². The number of halogens is 1. The molecule has 0 amide bonds. The standard InChI is InChI=1S/C12H16FNO4S/c1-3-7-14(8-11(15)16)19(17,18)10-6-4-5-9(2)12(10)13/h4-6H,3,7-8H2,1-2H3,(H,15,16). The van der Waals surface area contributed by atoms with Crippen molar-refractivity contribution in [3.8, 4) is 0 Å². The molecule has 0 saturated carbocycles. The van der Waals surface area contributed by atoms with Crippen LogP contribution in [0.5, 0.6) is 0 Å². The van der Waals surface area contributed by atoms with Gasteiger partial charge in [-0.05, 0) is 25.0 Å². The average Bonchev–Trinajstić information content (AvgIpc) is 2.31. The van der Waals surface area contributed by atoms with E-state index in [-0.39, 0.29) is 12.1 Å². The normalized spacial score (nSPS) is 11.8. The van der Waals surface area contributed by atoms with Gasteiger partial charge in [-0.1, -0.05) is 19.1 Å². The summed E-state index contributed by atoms with van der Waals surface area (Å²) in [6.07, 6.45) is 0.444. The molecule has 1 rings (SSSR count). The summed E-state index contributed by atoms with van der Waals surface area (Å²) in [5.41, 5.74) is 0.202. The van der Waals surface area contributed by atoms with E-state index in [2.05, 4.69) is 0 Å². The molecule has 0 aliphatic heterocycles. The molecule has 1 aromatic rings. The van der Waals surface area contributed by atoms with Crippen molar-refractivity contribution in [3.05, 3.63) is 29.6 Å². The maximum absolute atomic E-state index is 13.9. The summed E-state index contributed by atoms with van der Waals surface area (Å²) >= 11 is 0. The Morgan fingerprint density at radius 2 is 2.05 bits per heavy atom. The fourth-order valence-electron chi connectivity index (χ4n) is 1.64. The Morgan fingerprint density at radius 3 is 2.58 bits per heavy atom. The summed E-state index contributed by atoms with van der Waals surface area (Å²) in [7, 11) is -4.13. The summed E-state index contributed by atoms with van der Waals surface area (Å²) in [6.45, 7) is 2.53. The van der Waals surface area contributed by atoms with Gasteiger partial charge in [0, 0.05) is 6.54 Å². The van der Waals surface area contributed by atoms with Gasteiger partial charge in [0.05, 0.1) is 0 Å². The molecule has 1 N–H and O–H groups in total. The highest BCUT2D eigenvalue weighted by molar-refractivity contribution is 7.89. The van der Waals surface area contributed by atoms with Gasteiger partial charge in [0.2, 0.25) is 10.0 Å². The van der Waals surface area contributed by atoms with Gasteiger partial charge in [0.15, 0.2) is 0 Å². The van der Waals surface area contributed by atoms with Crippen molar-refractivity contribution in [2.75, 3.05) is 13.1 Å². The molecule has 0 aliphatic carbocycles. The number of carboxylic acid groups (broad SMARTS) is 1. The predicted molar refractivity (Wildman–Crippen MR) is 67.8 cm³/mol. The highest BCUT2D eigenvalue weighted by Crippen LogP contribution is 2.21. The molecule has 0 spiro atoms. The summed E-state index contributed by atoms with van der Waals surface area (Å²) in [4.78, 5) is 10.2. The molecule has 0 atom stereocenters. The predicted octanol–water partition coefficient (Wildman–Crippen LogP) is 1.62. The number of nitrogens with zero attached hydrogens (tertiary/aromatic N) is 1. The Balaban J connectivity index is 3.26. The third kappa shape index (κ3) is 3.51. The van der Waals surface area contributed by atoms with E-state index in [1.54, 1.807) is 6.92 Å². The molecule has 0 radical (unpaired) electrons. The summed E-state index contributed by atoms with van der Waals surface area (Å²) in [5.74, 6) is -2.11. The second kappa shape index (κ2) is 6.12. The van der Waals surface area contributed by atoms with Gasteiger partial charge in [0.25, 0.3) is 0 Å². The van der Waals surface area contributed by atoms with E-state index >= 15 is 0 Å². The molecule has 5 nitrogen and oxygen atoms in total. The monoisotopic (exact) mass is 289 g/mol. The first-order valence-electron chi connectivity index (χ1n) is 5.77. The lowest BCUT2D eigenvalue weighted by Gasteiger charge is -2.20. The van der Waals surface area contributed by atoms with Gasteiger partial charge in [-0.25, -0.2) is 12.8 Å². The quantitative estimate of drug-likeness (QED) is 0.863. The first-order valence-corrected chi connectivity index (χ1v) is 7.21. The van der Waals surface area contributed by atoms with Gasteiger partial charge in [-0.15, -0.1) is 0 Å². The van der Waals surface area contributed by atoms with Crippen LogP contribution in [0.3, 0.4) is 0 Å². The Kier molecular flexibility index (Phi) is 5.02. The van der Waals surface area contributed by atoms with Gasteiger partial charge in [0.1, 0.15) is 17.3 Å². The lowest BCUT2D eigenvalue weighted by molar-refractivity contribution is -0.137. The summed E-state index contributed by atoms with van der Waals surface area (Å²) < 4.78 is 39.2. The molecule has 7 heteroatoms. The van der Waals surface area contributed by atoms with Crippen molar-refractivity contribution < 1.29 is 22.7 Å². The van der Waals surface area contributed by atoms with E-state index < -0.39 is 33.3 Å². The van der Waals surface area contributed by atoms with Crippen LogP contribution in [0.1, 0.15) is 18.9 Å². The Bertz CT molecular complexity index is 571. The van der Waals surface area contributed by atoms with E-state index in [4.69, 9.17) is 5.11 Å². The first-order chi connectivity index (χ1) is 8.80. The number of rotatable bonds is 6. The van der Waals surface area contributed by atoms with Crippen molar-refractivity contribution in [2.24, 2.45) is 0 Å². The highest BCUT2D eigenvalue weighted by atomic mass is 32.2. The Morgan fingerprint density at radius 1 is 1.42 bits per heavy atom. The van der Waals surface area contributed by atoms with Crippen LogP contribution in [0.15, 0.2) is 23.1 Å². The Labute approximate surface area is 111 Å². The average molecular weight is 289 g/mol. The van der Waals surface area contributed by atoms with E-state index in [0.717, 1.165) is 10.4 Å². The zero-order chi connectivity index (χ0) is 14.6. The largest absolute Gasteiger partial charge is 0.480 e. The SMILES string of the molecule is CCCN(CC(=O)O)S(=O)(=O)c1cccc(C)c1F.